The number of halogens is 3. The van der Waals surface area contributed by atoms with Gasteiger partial charge in [-0.05, 0) is 18.8 Å². The first-order valence-corrected chi connectivity index (χ1v) is 5.57. The fraction of sp³-hybridized carbons (Fsp3) is 0.800. The van der Waals surface area contributed by atoms with E-state index < -0.39 is 48.6 Å². The van der Waals surface area contributed by atoms with Gasteiger partial charge in [0.15, 0.2) is 0 Å². The molecule has 110 valence electrons. The molecule has 0 aliphatic heterocycles. The van der Waals surface area contributed by atoms with Crippen molar-refractivity contribution in [3.8, 4) is 0 Å². The van der Waals surface area contributed by atoms with Crippen molar-refractivity contribution in [3.05, 3.63) is 0 Å². The lowest BCUT2D eigenvalue weighted by Crippen LogP contribution is -2.47. The van der Waals surface area contributed by atoms with E-state index >= 15 is 0 Å². The number of carbonyl (C=O) groups excluding carboxylic acids is 1. The number of alkyl halides is 3. The van der Waals surface area contributed by atoms with Gasteiger partial charge in [-0.25, -0.2) is 0 Å². The Morgan fingerprint density at radius 1 is 1.16 bits per heavy atom. The van der Waals surface area contributed by atoms with E-state index in [-0.39, 0.29) is 12.8 Å². The van der Waals surface area contributed by atoms with E-state index in [9.17, 15) is 33.0 Å². The van der Waals surface area contributed by atoms with Gasteiger partial charge in [-0.3, -0.25) is 9.59 Å². The highest BCUT2D eigenvalue weighted by molar-refractivity contribution is 5.81. The van der Waals surface area contributed by atoms with Gasteiger partial charge in [0.2, 0.25) is 0 Å². The van der Waals surface area contributed by atoms with Crippen molar-refractivity contribution in [2.75, 3.05) is 6.54 Å². The highest BCUT2D eigenvalue weighted by atomic mass is 19.4. The summed E-state index contributed by atoms with van der Waals surface area (Å²) in [5.74, 6) is -5.40. The van der Waals surface area contributed by atoms with Gasteiger partial charge < -0.3 is 20.6 Å². The molecule has 1 fully saturated rings. The van der Waals surface area contributed by atoms with Crippen LogP contribution >= 0.6 is 0 Å². The van der Waals surface area contributed by atoms with Crippen LogP contribution in [-0.2, 0) is 9.59 Å². The van der Waals surface area contributed by atoms with Crippen LogP contribution in [0.1, 0.15) is 12.8 Å². The highest BCUT2D eigenvalue weighted by Gasteiger charge is 2.42. The summed E-state index contributed by atoms with van der Waals surface area (Å²) in [5, 5.41) is 29.2. The maximum Gasteiger partial charge on any atom is 0.471 e. The Labute approximate surface area is 106 Å². The minimum atomic E-state index is -5.04. The lowest BCUT2D eigenvalue weighted by molar-refractivity contribution is -0.174. The van der Waals surface area contributed by atoms with Crippen LogP contribution < -0.4 is 5.32 Å². The molecule has 1 amide bonds. The predicted molar refractivity (Wildman–Crippen MR) is 54.9 cm³/mol. The summed E-state index contributed by atoms with van der Waals surface area (Å²) >= 11 is 0. The second-order valence-electron chi connectivity index (χ2n) is 4.52. The van der Waals surface area contributed by atoms with Gasteiger partial charge in [-0.2, -0.15) is 13.2 Å². The van der Waals surface area contributed by atoms with Gasteiger partial charge in [-0.15, -0.1) is 0 Å². The van der Waals surface area contributed by atoms with Crippen molar-refractivity contribution in [1.82, 2.24) is 5.32 Å². The molecule has 9 heteroatoms. The standard InChI is InChI=1S/C10H14F3NO5/c11-10(12,13)9(19)14-3-4-1-6(15)7(16)2-5(4)8(17)18/h4-7,15-16H,1-3H2,(H,14,19)(H,17,18)/t4-,5-,6+,7-/m0/s1. The maximum absolute atomic E-state index is 12.0. The fourth-order valence-electron chi connectivity index (χ4n) is 2.09. The van der Waals surface area contributed by atoms with E-state index in [0.717, 1.165) is 0 Å². The van der Waals surface area contributed by atoms with Gasteiger partial charge in [0.1, 0.15) is 0 Å². The quantitative estimate of drug-likeness (QED) is 0.559. The number of carboxylic acids is 1. The van der Waals surface area contributed by atoms with Crippen molar-refractivity contribution in [2.45, 2.75) is 31.2 Å². The number of carboxylic acid groups (broad SMARTS) is 1. The van der Waals surface area contributed by atoms with E-state index in [0.29, 0.717) is 0 Å². The molecular formula is C10H14F3NO5. The van der Waals surface area contributed by atoms with Crippen molar-refractivity contribution >= 4 is 11.9 Å². The molecule has 1 aliphatic rings. The number of aliphatic carboxylic acids is 1. The molecule has 4 atom stereocenters. The molecule has 6 nitrogen and oxygen atoms in total. The van der Waals surface area contributed by atoms with E-state index in [1.165, 1.54) is 0 Å². The molecule has 0 aromatic heterocycles. The fourth-order valence-corrected chi connectivity index (χ4v) is 2.09. The van der Waals surface area contributed by atoms with E-state index in [4.69, 9.17) is 5.11 Å². The number of aliphatic hydroxyl groups excluding tert-OH is 2. The predicted octanol–water partition coefficient (Wildman–Crippen LogP) is -0.503. The first-order chi connectivity index (χ1) is 8.62. The molecule has 1 saturated carbocycles. The summed E-state index contributed by atoms with van der Waals surface area (Å²) in [6, 6.07) is 0. The van der Waals surface area contributed by atoms with Crippen LogP contribution in [-0.4, -0.2) is 52.1 Å². The lowest BCUT2D eigenvalue weighted by Gasteiger charge is -2.35. The summed E-state index contributed by atoms with van der Waals surface area (Å²) in [4.78, 5) is 21.6. The first-order valence-electron chi connectivity index (χ1n) is 5.57. The van der Waals surface area contributed by atoms with Crippen molar-refractivity contribution < 1.29 is 38.1 Å². The van der Waals surface area contributed by atoms with Crippen LogP contribution in [0.3, 0.4) is 0 Å². The molecule has 0 heterocycles. The molecule has 0 spiro atoms. The van der Waals surface area contributed by atoms with Gasteiger partial charge in [0, 0.05) is 6.54 Å². The first kappa shape index (κ1) is 15.7. The third-order valence-electron chi connectivity index (χ3n) is 3.15. The smallest absolute Gasteiger partial charge is 0.471 e. The SMILES string of the molecule is O=C(O)[C@H]1C[C@H](O)[C@H](O)C[C@H]1CNC(=O)C(F)(F)F. The normalized spacial score (nSPS) is 31.8. The van der Waals surface area contributed by atoms with Crippen molar-refractivity contribution in [1.29, 1.82) is 0 Å². The molecular weight excluding hydrogens is 271 g/mol. The number of aliphatic hydroxyl groups is 2. The zero-order valence-corrected chi connectivity index (χ0v) is 9.72. The lowest BCUT2D eigenvalue weighted by atomic mass is 9.76. The zero-order chi connectivity index (χ0) is 14.8. The Balaban J connectivity index is 2.63. The molecule has 0 saturated heterocycles. The molecule has 0 bridgehead atoms. The largest absolute Gasteiger partial charge is 0.481 e. The van der Waals surface area contributed by atoms with E-state index in [1.54, 1.807) is 5.32 Å². The molecule has 0 unspecified atom stereocenters. The van der Waals surface area contributed by atoms with Crippen LogP contribution in [0.4, 0.5) is 13.2 Å². The van der Waals surface area contributed by atoms with Gasteiger partial charge >= 0.3 is 18.1 Å². The van der Waals surface area contributed by atoms with E-state index in [1.807, 2.05) is 0 Å². The third kappa shape index (κ3) is 4.06. The summed E-state index contributed by atoms with van der Waals surface area (Å²) in [6.07, 6.45) is -7.91. The number of hydrogen-bond acceptors (Lipinski definition) is 4. The Morgan fingerprint density at radius 3 is 2.16 bits per heavy atom. The van der Waals surface area contributed by atoms with Crippen LogP contribution in [0.25, 0.3) is 0 Å². The molecule has 0 radical (unpaired) electrons. The molecule has 19 heavy (non-hydrogen) atoms. The average molecular weight is 285 g/mol. The minimum absolute atomic E-state index is 0.184. The van der Waals surface area contributed by atoms with Gasteiger partial charge in [-0.1, -0.05) is 0 Å². The van der Waals surface area contributed by atoms with Crippen LogP contribution in [0, 0.1) is 11.8 Å². The van der Waals surface area contributed by atoms with Crippen LogP contribution in [0.5, 0.6) is 0 Å². The highest BCUT2D eigenvalue weighted by Crippen LogP contribution is 2.30. The summed E-state index contributed by atoms with van der Waals surface area (Å²) < 4.78 is 35.9. The van der Waals surface area contributed by atoms with Gasteiger partial charge in [0.25, 0.3) is 0 Å². The average Bonchev–Trinajstić information content (AvgIpc) is 2.28. The molecule has 0 aromatic carbocycles. The molecule has 1 aliphatic carbocycles. The maximum atomic E-state index is 12.0. The molecule has 0 aromatic rings. The summed E-state index contributed by atoms with van der Waals surface area (Å²) in [7, 11) is 0. The van der Waals surface area contributed by atoms with Crippen molar-refractivity contribution in [3.63, 3.8) is 0 Å². The number of nitrogens with one attached hydrogen (secondary N) is 1. The molecule has 4 N–H and O–H groups in total. The summed E-state index contributed by atoms with van der Waals surface area (Å²) in [5.41, 5.74) is 0. The second-order valence-corrected chi connectivity index (χ2v) is 4.52. The Kier molecular flexibility index (Phi) is 4.75. The number of amides is 1. The topological polar surface area (TPSA) is 107 Å². The monoisotopic (exact) mass is 285 g/mol. The van der Waals surface area contributed by atoms with Gasteiger partial charge in [0.05, 0.1) is 18.1 Å². The Morgan fingerprint density at radius 2 is 1.68 bits per heavy atom. The third-order valence-corrected chi connectivity index (χ3v) is 3.15. The number of carbonyl (C=O) groups is 2. The number of hydrogen-bond donors (Lipinski definition) is 4. The number of rotatable bonds is 3. The second kappa shape index (κ2) is 5.74. The molecule has 1 rings (SSSR count). The van der Waals surface area contributed by atoms with Crippen LogP contribution in [0.2, 0.25) is 0 Å². The zero-order valence-electron chi connectivity index (χ0n) is 9.72. The summed E-state index contributed by atoms with van der Waals surface area (Å²) in [6.45, 7) is -0.515. The Bertz CT molecular complexity index is 360. The Hall–Kier alpha value is -1.35. The van der Waals surface area contributed by atoms with Crippen LogP contribution in [0.15, 0.2) is 0 Å². The van der Waals surface area contributed by atoms with Crippen molar-refractivity contribution in [2.24, 2.45) is 11.8 Å². The van der Waals surface area contributed by atoms with E-state index in [2.05, 4.69) is 0 Å². The minimum Gasteiger partial charge on any atom is -0.481 e.